The highest BCUT2D eigenvalue weighted by Gasteiger charge is 2.25. The molecule has 0 amide bonds. The van der Waals surface area contributed by atoms with Crippen molar-refractivity contribution in [2.24, 2.45) is 0 Å². The Kier molecular flexibility index (Phi) is 8.11. The molecule has 5 nitrogen and oxygen atoms in total. The average molecular weight is 709 g/mol. The largest absolute Gasteiger partial charge is 0.461 e. The molecule has 0 bridgehead atoms. The standard InChI is InChI=1S/C50H36N4O/c1-33(54-45-24-12-10-21-41(45)42-22-11-13-25-46(42)54)29-39(38-28-27-34-15-8-9-20-37(34)30-38)31-40-32-44-43(23-14-26-47(44)55-40)50-52-48(35-16-4-2-5-17-35)51-49(53-50)36-18-6-3-7-19-36/h2-31,33H,32H2,1H3/b39-29+,40-31+. The van der Waals surface area contributed by atoms with Gasteiger partial charge in [-0.3, -0.25) is 0 Å². The van der Waals surface area contributed by atoms with E-state index in [9.17, 15) is 0 Å². The third-order valence-electron chi connectivity index (χ3n) is 10.5. The van der Waals surface area contributed by atoms with E-state index in [1.54, 1.807) is 0 Å². The van der Waals surface area contributed by atoms with E-state index in [-0.39, 0.29) is 6.04 Å². The maximum atomic E-state index is 6.69. The highest BCUT2D eigenvalue weighted by Crippen LogP contribution is 2.40. The van der Waals surface area contributed by atoms with Crippen LogP contribution in [-0.4, -0.2) is 19.5 Å². The Hall–Kier alpha value is -7.11. The Morgan fingerprint density at radius 2 is 1.16 bits per heavy atom. The number of fused-ring (bicyclic) bond motifs is 5. The van der Waals surface area contributed by atoms with Crippen LogP contribution in [0, 0.1) is 0 Å². The molecular formula is C50H36N4O. The summed E-state index contributed by atoms with van der Waals surface area (Å²) in [6.07, 6.45) is 5.19. The van der Waals surface area contributed by atoms with Crippen LogP contribution in [0.1, 0.15) is 24.1 Å². The lowest BCUT2D eigenvalue weighted by molar-refractivity contribution is 0.447. The third kappa shape index (κ3) is 6.06. The molecule has 262 valence electrons. The molecule has 10 rings (SSSR count). The number of aromatic nitrogens is 4. The molecule has 9 aromatic rings. The number of hydrogen-bond donors (Lipinski definition) is 0. The SMILES string of the molecule is CC(/C=C(\C=C1/Cc2c(cccc2-c2nc(-c3ccccc3)nc(-c3ccccc3)n2)O1)c1ccc2ccccc2c1)n1c2ccccc2c2ccccc21. The maximum absolute atomic E-state index is 6.69. The minimum Gasteiger partial charge on any atom is -0.461 e. The monoisotopic (exact) mass is 708 g/mol. The van der Waals surface area contributed by atoms with Crippen molar-refractivity contribution in [1.29, 1.82) is 0 Å². The van der Waals surface area contributed by atoms with Gasteiger partial charge in [-0.05, 0) is 59.2 Å². The Balaban J connectivity index is 1.09. The van der Waals surface area contributed by atoms with Crippen LogP contribution in [0.4, 0.5) is 0 Å². The Bertz CT molecular complexity index is 2830. The summed E-state index contributed by atoms with van der Waals surface area (Å²) in [4.78, 5) is 15.0. The van der Waals surface area contributed by atoms with Crippen molar-refractivity contribution in [3.05, 3.63) is 199 Å². The van der Waals surface area contributed by atoms with E-state index < -0.39 is 0 Å². The van der Waals surface area contributed by atoms with Crippen LogP contribution in [0.15, 0.2) is 188 Å². The normalized spacial score (nSPS) is 14.1. The Labute approximate surface area is 319 Å². The van der Waals surface area contributed by atoms with Crippen LogP contribution in [-0.2, 0) is 6.42 Å². The summed E-state index contributed by atoms with van der Waals surface area (Å²) < 4.78 is 9.14. The minimum absolute atomic E-state index is 0.0421. The first kappa shape index (κ1) is 32.5. The lowest BCUT2D eigenvalue weighted by Gasteiger charge is -2.16. The molecule has 55 heavy (non-hydrogen) atoms. The minimum atomic E-state index is 0.0421. The van der Waals surface area contributed by atoms with Gasteiger partial charge in [0, 0.05) is 50.5 Å². The smallest absolute Gasteiger partial charge is 0.164 e. The van der Waals surface area contributed by atoms with Crippen molar-refractivity contribution in [3.8, 4) is 39.9 Å². The Morgan fingerprint density at radius 1 is 0.582 bits per heavy atom. The summed E-state index contributed by atoms with van der Waals surface area (Å²) >= 11 is 0. The van der Waals surface area contributed by atoms with Gasteiger partial charge < -0.3 is 9.30 Å². The van der Waals surface area contributed by atoms with E-state index in [4.69, 9.17) is 19.7 Å². The first-order valence-electron chi connectivity index (χ1n) is 18.7. The van der Waals surface area contributed by atoms with Gasteiger partial charge in [-0.1, -0.05) is 152 Å². The van der Waals surface area contributed by atoms with Crippen molar-refractivity contribution < 1.29 is 4.74 Å². The molecule has 1 unspecified atom stereocenters. The molecule has 5 heteroatoms. The molecular weight excluding hydrogens is 673 g/mol. The highest BCUT2D eigenvalue weighted by atomic mass is 16.5. The van der Waals surface area contributed by atoms with E-state index in [0.29, 0.717) is 23.9 Å². The average Bonchev–Trinajstić information content (AvgIpc) is 3.82. The summed E-state index contributed by atoms with van der Waals surface area (Å²) in [7, 11) is 0. The fraction of sp³-hybridized carbons (Fsp3) is 0.0600. The van der Waals surface area contributed by atoms with Crippen molar-refractivity contribution >= 4 is 38.2 Å². The molecule has 0 radical (unpaired) electrons. The van der Waals surface area contributed by atoms with Gasteiger partial charge >= 0.3 is 0 Å². The van der Waals surface area contributed by atoms with E-state index in [0.717, 1.165) is 44.9 Å². The molecule has 0 saturated heterocycles. The second-order valence-electron chi connectivity index (χ2n) is 14.0. The zero-order chi connectivity index (χ0) is 36.7. The highest BCUT2D eigenvalue weighted by molar-refractivity contribution is 6.08. The third-order valence-corrected chi connectivity index (χ3v) is 10.5. The maximum Gasteiger partial charge on any atom is 0.164 e. The zero-order valence-electron chi connectivity index (χ0n) is 30.3. The molecule has 0 saturated carbocycles. The van der Waals surface area contributed by atoms with E-state index >= 15 is 0 Å². The summed E-state index contributed by atoms with van der Waals surface area (Å²) in [5, 5.41) is 4.93. The second kappa shape index (κ2) is 13.7. The quantitative estimate of drug-likeness (QED) is 0.165. The molecule has 0 spiro atoms. The summed E-state index contributed by atoms with van der Waals surface area (Å²) in [6.45, 7) is 2.27. The molecule has 1 aliphatic heterocycles. The van der Waals surface area contributed by atoms with Gasteiger partial charge in [-0.15, -0.1) is 0 Å². The fourth-order valence-electron chi connectivity index (χ4n) is 7.91. The summed E-state index contributed by atoms with van der Waals surface area (Å²) in [5.74, 6) is 3.59. The fourth-order valence-corrected chi connectivity index (χ4v) is 7.91. The lowest BCUT2D eigenvalue weighted by atomic mass is 9.97. The van der Waals surface area contributed by atoms with E-state index in [2.05, 4.69) is 121 Å². The molecule has 0 aliphatic carbocycles. The molecule has 0 N–H and O–H groups in total. The van der Waals surface area contributed by atoms with Crippen molar-refractivity contribution in [2.75, 3.05) is 0 Å². The Morgan fingerprint density at radius 3 is 1.84 bits per heavy atom. The van der Waals surface area contributed by atoms with Gasteiger partial charge in [-0.25, -0.2) is 15.0 Å². The van der Waals surface area contributed by atoms with Gasteiger partial charge in [0.2, 0.25) is 0 Å². The number of allylic oxidation sites excluding steroid dienone is 4. The number of ether oxygens (including phenoxy) is 1. The topological polar surface area (TPSA) is 52.8 Å². The van der Waals surface area contributed by atoms with Crippen molar-refractivity contribution in [3.63, 3.8) is 0 Å². The first-order chi connectivity index (χ1) is 27.2. The van der Waals surface area contributed by atoms with Crippen molar-refractivity contribution in [2.45, 2.75) is 19.4 Å². The predicted molar refractivity (Wildman–Crippen MR) is 225 cm³/mol. The van der Waals surface area contributed by atoms with Crippen LogP contribution < -0.4 is 4.74 Å². The number of para-hydroxylation sites is 2. The van der Waals surface area contributed by atoms with Crippen LogP contribution in [0.25, 0.3) is 72.3 Å². The van der Waals surface area contributed by atoms with Crippen molar-refractivity contribution in [1.82, 2.24) is 19.5 Å². The van der Waals surface area contributed by atoms with Gasteiger partial charge in [-0.2, -0.15) is 0 Å². The van der Waals surface area contributed by atoms with Crippen LogP contribution in [0.2, 0.25) is 0 Å². The second-order valence-corrected chi connectivity index (χ2v) is 14.0. The molecule has 0 fully saturated rings. The van der Waals surface area contributed by atoms with Gasteiger partial charge in [0.1, 0.15) is 11.5 Å². The van der Waals surface area contributed by atoms with E-state index in [1.165, 1.54) is 32.6 Å². The van der Waals surface area contributed by atoms with Crippen LogP contribution in [0.5, 0.6) is 5.75 Å². The molecule has 1 aliphatic rings. The molecule has 1 atom stereocenters. The summed E-state index contributed by atoms with van der Waals surface area (Å²) in [6, 6.07) is 59.0. The zero-order valence-corrected chi connectivity index (χ0v) is 30.3. The number of hydrogen-bond acceptors (Lipinski definition) is 4. The first-order valence-corrected chi connectivity index (χ1v) is 18.7. The van der Waals surface area contributed by atoms with Gasteiger partial charge in [0.25, 0.3) is 0 Å². The van der Waals surface area contributed by atoms with Gasteiger partial charge in [0.15, 0.2) is 17.5 Å². The van der Waals surface area contributed by atoms with Gasteiger partial charge in [0.05, 0.1) is 6.04 Å². The van der Waals surface area contributed by atoms with Crippen LogP contribution >= 0.6 is 0 Å². The number of rotatable bonds is 7. The number of benzene rings is 7. The number of nitrogens with zero attached hydrogens (tertiary/aromatic N) is 4. The molecule has 3 heterocycles. The lowest BCUT2D eigenvalue weighted by Crippen LogP contribution is -2.03. The van der Waals surface area contributed by atoms with E-state index in [1.807, 2.05) is 72.8 Å². The molecule has 7 aromatic carbocycles. The predicted octanol–water partition coefficient (Wildman–Crippen LogP) is 12.3. The molecule has 2 aromatic heterocycles. The van der Waals surface area contributed by atoms with Crippen LogP contribution in [0.3, 0.4) is 0 Å². The summed E-state index contributed by atoms with van der Waals surface area (Å²) in [5.41, 5.74) is 8.55.